The van der Waals surface area contributed by atoms with E-state index in [0.29, 0.717) is 13.1 Å². The molecule has 1 aliphatic heterocycles. The van der Waals surface area contributed by atoms with Gasteiger partial charge in [0.05, 0.1) is 5.92 Å². The number of hydrogen-bond donors (Lipinski definition) is 1. The van der Waals surface area contributed by atoms with Crippen LogP contribution in [0, 0.1) is 5.92 Å². The molecule has 25 heavy (non-hydrogen) atoms. The number of hydrogen-bond acceptors (Lipinski definition) is 3. The normalized spacial score (nSPS) is 18.6. The van der Waals surface area contributed by atoms with Crippen molar-refractivity contribution in [2.45, 2.75) is 23.0 Å². The summed E-state index contributed by atoms with van der Waals surface area (Å²) in [6.45, 7) is 1.11. The molecule has 130 valence electrons. The minimum atomic E-state index is -0.324. The Kier molecular flexibility index (Phi) is 5.76. The largest absolute Gasteiger partial charge is 0.369 e. The zero-order valence-electron chi connectivity index (χ0n) is 14.0. The van der Waals surface area contributed by atoms with Crippen LogP contribution in [-0.4, -0.2) is 29.8 Å². The van der Waals surface area contributed by atoms with Gasteiger partial charge in [0.15, 0.2) is 0 Å². The molecule has 1 aliphatic rings. The van der Waals surface area contributed by atoms with Crippen molar-refractivity contribution < 1.29 is 9.59 Å². The van der Waals surface area contributed by atoms with Crippen LogP contribution in [0.25, 0.3) is 0 Å². The highest BCUT2D eigenvalue weighted by molar-refractivity contribution is 8.00. The molecule has 3 rings (SSSR count). The standard InChI is InChI=1S/C20H22N2O2S/c21-19(23)16-10-7-13-22(14-16)20(24)18(15-8-3-1-4-9-15)25-17-11-5-2-6-12-17/h1-6,8-9,11-12,16,18H,7,10,13-14H2,(H2,21,23)/t16-,18-/m0/s1. The van der Waals surface area contributed by atoms with Crippen molar-refractivity contribution >= 4 is 23.6 Å². The second-order valence-corrected chi connectivity index (χ2v) is 7.43. The van der Waals surface area contributed by atoms with Gasteiger partial charge in [-0.25, -0.2) is 0 Å². The lowest BCUT2D eigenvalue weighted by atomic mass is 9.97. The van der Waals surface area contributed by atoms with Gasteiger partial charge in [-0.3, -0.25) is 9.59 Å². The number of nitrogens with two attached hydrogens (primary N) is 1. The van der Waals surface area contributed by atoms with Crippen LogP contribution < -0.4 is 5.73 Å². The zero-order chi connectivity index (χ0) is 17.6. The summed E-state index contributed by atoms with van der Waals surface area (Å²) in [6, 6.07) is 19.7. The highest BCUT2D eigenvalue weighted by Gasteiger charge is 2.32. The molecule has 0 bridgehead atoms. The second kappa shape index (κ2) is 8.21. The van der Waals surface area contributed by atoms with Crippen molar-refractivity contribution in [2.24, 2.45) is 11.7 Å². The number of primary amides is 1. The zero-order valence-corrected chi connectivity index (χ0v) is 14.8. The monoisotopic (exact) mass is 354 g/mol. The van der Waals surface area contributed by atoms with E-state index in [-0.39, 0.29) is 23.0 Å². The van der Waals surface area contributed by atoms with Gasteiger partial charge in [0.1, 0.15) is 5.25 Å². The molecule has 0 unspecified atom stereocenters. The van der Waals surface area contributed by atoms with Crippen LogP contribution in [0.15, 0.2) is 65.6 Å². The van der Waals surface area contributed by atoms with Gasteiger partial charge < -0.3 is 10.6 Å². The van der Waals surface area contributed by atoms with Crippen molar-refractivity contribution in [1.29, 1.82) is 0 Å². The Morgan fingerprint density at radius 1 is 1.04 bits per heavy atom. The Morgan fingerprint density at radius 2 is 1.68 bits per heavy atom. The predicted molar refractivity (Wildman–Crippen MR) is 100.0 cm³/mol. The van der Waals surface area contributed by atoms with Gasteiger partial charge in [0, 0.05) is 18.0 Å². The topological polar surface area (TPSA) is 63.4 Å². The number of likely N-dealkylation sites (tertiary alicyclic amines) is 1. The summed E-state index contributed by atoms with van der Waals surface area (Å²) in [7, 11) is 0. The highest BCUT2D eigenvalue weighted by atomic mass is 32.2. The van der Waals surface area contributed by atoms with Gasteiger partial charge in [-0.05, 0) is 30.5 Å². The Bertz CT molecular complexity index is 721. The van der Waals surface area contributed by atoms with E-state index in [2.05, 4.69) is 0 Å². The van der Waals surface area contributed by atoms with E-state index in [1.165, 1.54) is 0 Å². The summed E-state index contributed by atoms with van der Waals surface area (Å²) in [4.78, 5) is 27.6. The van der Waals surface area contributed by atoms with Crippen LogP contribution >= 0.6 is 11.8 Å². The quantitative estimate of drug-likeness (QED) is 0.839. The molecule has 2 N–H and O–H groups in total. The first-order valence-electron chi connectivity index (χ1n) is 8.50. The molecule has 5 heteroatoms. The molecule has 1 heterocycles. The molecule has 2 aromatic rings. The summed E-state index contributed by atoms with van der Waals surface area (Å²) in [5.41, 5.74) is 6.43. The number of piperidine rings is 1. The lowest BCUT2D eigenvalue weighted by molar-refractivity contribution is -0.134. The Labute approximate surface area is 152 Å². The van der Waals surface area contributed by atoms with E-state index in [9.17, 15) is 9.59 Å². The molecule has 0 aromatic heterocycles. The number of amides is 2. The van der Waals surface area contributed by atoms with Gasteiger partial charge in [-0.2, -0.15) is 0 Å². The van der Waals surface area contributed by atoms with Crippen LogP contribution in [-0.2, 0) is 9.59 Å². The Hall–Kier alpha value is -2.27. The Morgan fingerprint density at radius 3 is 2.32 bits per heavy atom. The highest BCUT2D eigenvalue weighted by Crippen LogP contribution is 2.37. The van der Waals surface area contributed by atoms with Crippen molar-refractivity contribution in [3.8, 4) is 0 Å². The SMILES string of the molecule is NC(=O)[C@H]1CCCN(C(=O)[C@@H](Sc2ccccc2)c2ccccc2)C1. The van der Waals surface area contributed by atoms with Gasteiger partial charge >= 0.3 is 0 Å². The van der Waals surface area contributed by atoms with Gasteiger partial charge in [0.2, 0.25) is 11.8 Å². The average Bonchev–Trinajstić information content (AvgIpc) is 2.67. The van der Waals surface area contributed by atoms with E-state index in [1.807, 2.05) is 60.7 Å². The number of benzene rings is 2. The summed E-state index contributed by atoms with van der Waals surface area (Å²) >= 11 is 1.55. The maximum Gasteiger partial charge on any atom is 0.240 e. The number of carbonyl (C=O) groups is 2. The lowest BCUT2D eigenvalue weighted by Gasteiger charge is -2.33. The predicted octanol–water partition coefficient (Wildman–Crippen LogP) is 3.24. The first-order valence-corrected chi connectivity index (χ1v) is 9.38. The lowest BCUT2D eigenvalue weighted by Crippen LogP contribution is -2.45. The first-order chi connectivity index (χ1) is 12.1. The summed E-state index contributed by atoms with van der Waals surface area (Å²) in [5.74, 6) is -0.508. The van der Waals surface area contributed by atoms with E-state index >= 15 is 0 Å². The molecule has 2 amide bonds. The maximum atomic E-state index is 13.2. The van der Waals surface area contributed by atoms with Crippen molar-refractivity contribution in [1.82, 2.24) is 4.90 Å². The average molecular weight is 354 g/mol. The van der Waals surface area contributed by atoms with Crippen LogP contribution in [0.2, 0.25) is 0 Å². The smallest absolute Gasteiger partial charge is 0.240 e. The molecule has 1 saturated heterocycles. The van der Waals surface area contributed by atoms with Gasteiger partial charge in [-0.15, -0.1) is 11.8 Å². The van der Waals surface area contributed by atoms with Crippen molar-refractivity contribution in [2.75, 3.05) is 13.1 Å². The fraction of sp³-hybridized carbons (Fsp3) is 0.300. The number of carbonyl (C=O) groups excluding carboxylic acids is 2. The number of nitrogens with zero attached hydrogens (tertiary/aromatic N) is 1. The van der Waals surface area contributed by atoms with Crippen LogP contribution in [0.3, 0.4) is 0 Å². The molecule has 0 spiro atoms. The molecular formula is C20H22N2O2S. The van der Waals surface area contributed by atoms with E-state index < -0.39 is 0 Å². The van der Waals surface area contributed by atoms with Crippen LogP contribution in [0.5, 0.6) is 0 Å². The summed E-state index contributed by atoms with van der Waals surface area (Å²) in [5, 5.41) is -0.324. The number of rotatable bonds is 5. The van der Waals surface area contributed by atoms with E-state index in [0.717, 1.165) is 23.3 Å². The molecule has 0 saturated carbocycles. The summed E-state index contributed by atoms with van der Waals surface area (Å²) < 4.78 is 0. The molecule has 1 fully saturated rings. The minimum absolute atomic E-state index is 0.0472. The Balaban J connectivity index is 1.83. The summed E-state index contributed by atoms with van der Waals surface area (Å²) in [6.07, 6.45) is 1.58. The van der Waals surface area contributed by atoms with E-state index in [1.54, 1.807) is 16.7 Å². The third kappa shape index (κ3) is 4.42. The molecule has 4 nitrogen and oxygen atoms in total. The molecule has 0 aliphatic carbocycles. The van der Waals surface area contributed by atoms with Gasteiger partial charge in [-0.1, -0.05) is 48.5 Å². The van der Waals surface area contributed by atoms with Crippen molar-refractivity contribution in [3.05, 3.63) is 66.2 Å². The minimum Gasteiger partial charge on any atom is -0.369 e. The third-order valence-electron chi connectivity index (χ3n) is 4.46. The number of thioether (sulfide) groups is 1. The van der Waals surface area contributed by atoms with E-state index in [4.69, 9.17) is 5.73 Å². The van der Waals surface area contributed by atoms with Gasteiger partial charge in [0.25, 0.3) is 0 Å². The fourth-order valence-corrected chi connectivity index (χ4v) is 4.23. The molecular weight excluding hydrogens is 332 g/mol. The third-order valence-corrected chi connectivity index (χ3v) is 5.71. The molecule has 2 atom stereocenters. The second-order valence-electron chi connectivity index (χ2n) is 6.25. The van der Waals surface area contributed by atoms with Crippen molar-refractivity contribution in [3.63, 3.8) is 0 Å². The maximum absolute atomic E-state index is 13.2. The molecule has 2 aromatic carbocycles. The molecule has 0 radical (unpaired) electrons. The fourth-order valence-electron chi connectivity index (χ4n) is 3.10. The van der Waals surface area contributed by atoms with Crippen LogP contribution in [0.1, 0.15) is 23.7 Å². The first kappa shape index (κ1) is 17.5. The van der Waals surface area contributed by atoms with Crippen LogP contribution in [0.4, 0.5) is 0 Å².